The van der Waals surface area contributed by atoms with Crippen molar-refractivity contribution in [2.24, 2.45) is 23.7 Å². The fraction of sp³-hybridized carbons (Fsp3) is 0.263. The molecule has 8 aromatic rings. The van der Waals surface area contributed by atoms with Crippen molar-refractivity contribution in [1.82, 2.24) is 20.9 Å². The van der Waals surface area contributed by atoms with Crippen LogP contribution in [0.4, 0.5) is 79.8 Å². The van der Waals surface area contributed by atoms with Crippen LogP contribution >= 0.6 is 0 Å². The largest absolute Gasteiger partial charge is 0.418 e. The van der Waals surface area contributed by atoms with Crippen LogP contribution in [-0.4, -0.2) is 85.4 Å². The Morgan fingerprint density at radius 3 is 1.30 bits per heavy atom. The number of benzene rings is 8. The summed E-state index contributed by atoms with van der Waals surface area (Å²) in [6.07, 6.45) is -8.14. The number of rotatable bonds is 14. The normalized spacial score (nSPS) is 20.0. The third kappa shape index (κ3) is 19.9. The van der Waals surface area contributed by atoms with Crippen LogP contribution in [0.2, 0.25) is 0 Å². The van der Waals surface area contributed by atoms with Crippen LogP contribution in [0.15, 0.2) is 188 Å². The van der Waals surface area contributed by atoms with Crippen molar-refractivity contribution in [3.63, 3.8) is 0 Å². The van der Waals surface area contributed by atoms with Gasteiger partial charge in [-0.2, -0.15) is 13.2 Å². The predicted molar refractivity (Wildman–Crippen MR) is 361 cm³/mol. The minimum atomic E-state index is -4.64. The number of hydrogen-bond acceptors (Lipinski definition) is 8. The molecule has 0 bridgehead atoms. The van der Waals surface area contributed by atoms with Crippen molar-refractivity contribution in [2.75, 3.05) is 54.5 Å². The molecule has 550 valence electrons. The van der Waals surface area contributed by atoms with E-state index in [4.69, 9.17) is 0 Å². The number of alkyl halides is 7. The molecule has 8 atom stereocenters. The molecule has 105 heavy (non-hydrogen) atoms. The van der Waals surface area contributed by atoms with Gasteiger partial charge in [-0.3, -0.25) is 38.4 Å². The molecule has 8 amide bonds. The van der Waals surface area contributed by atoms with Crippen molar-refractivity contribution < 1.29 is 95.4 Å². The number of piperidine rings is 4. The molecule has 4 saturated heterocycles. The molecule has 0 radical (unpaired) electrons. The lowest BCUT2D eigenvalue weighted by Gasteiger charge is -2.35. The van der Waals surface area contributed by atoms with Gasteiger partial charge in [0.2, 0.25) is 47.3 Å². The van der Waals surface area contributed by atoms with Gasteiger partial charge in [-0.25, -0.2) is 43.9 Å². The van der Waals surface area contributed by atoms with Gasteiger partial charge < -0.3 is 42.1 Å². The summed E-state index contributed by atoms with van der Waals surface area (Å²) in [4.78, 5) is 102. The quantitative estimate of drug-likeness (QED) is 0.0409. The summed E-state index contributed by atoms with van der Waals surface area (Å²) in [7, 11) is 1.58. The Morgan fingerprint density at radius 2 is 0.810 bits per heavy atom. The van der Waals surface area contributed by atoms with E-state index in [9.17, 15) is 95.4 Å². The van der Waals surface area contributed by atoms with Crippen LogP contribution in [0.1, 0.15) is 101 Å². The predicted octanol–water partition coefficient (Wildman–Crippen LogP) is 14.3. The van der Waals surface area contributed by atoms with Gasteiger partial charge in [-0.05, 0) is 139 Å². The third-order valence-electron chi connectivity index (χ3n) is 18.0. The van der Waals surface area contributed by atoms with Crippen molar-refractivity contribution in [2.45, 2.75) is 68.4 Å². The number of carbonyl (C=O) groups excluding carboxylic acids is 8. The Bertz CT molecular complexity index is 4460. The molecular formula is C76H67F13N8O8. The maximum atomic E-state index is 13.8. The van der Waals surface area contributed by atoms with Crippen molar-refractivity contribution in [1.29, 1.82) is 0 Å². The van der Waals surface area contributed by atoms with Gasteiger partial charge in [-0.15, -0.1) is 0 Å². The van der Waals surface area contributed by atoms with Gasteiger partial charge in [0, 0.05) is 73.7 Å². The number of nitrogens with zero attached hydrogens (tertiary/aromatic N) is 1. The van der Waals surface area contributed by atoms with Crippen LogP contribution in [0.5, 0.6) is 0 Å². The maximum Gasteiger partial charge on any atom is 0.418 e. The van der Waals surface area contributed by atoms with E-state index < -0.39 is 160 Å². The summed E-state index contributed by atoms with van der Waals surface area (Å²) < 4.78 is 172. The Labute approximate surface area is 592 Å². The zero-order valence-electron chi connectivity index (χ0n) is 55.5. The van der Waals surface area contributed by atoms with Crippen LogP contribution in [0.3, 0.4) is 0 Å². The summed E-state index contributed by atoms with van der Waals surface area (Å²) in [5.74, 6) is -15.7. The number of anilines is 4. The fourth-order valence-electron chi connectivity index (χ4n) is 12.8. The SMILES string of the molecule is CN1CCC(c2ccc(F)cc2)[C@@H](C(=O)Nc2cccc(F)c2F)C1=O.O=C1NCCC(c2ccc(F)cc2)[C@H]1C(=O)Nc1ccccc1C(F)(F)F.O=C1NCCC(c2cccc(C(F)F)c2)C1C(=O)Nc1cccc(F)c1.O=C1NCCC(c2cccc(C(F)F)c2)C1C(=O)Nc1ccccc1F. The highest BCUT2D eigenvalue weighted by molar-refractivity contribution is 6.10. The molecule has 8 aromatic carbocycles. The molecule has 0 spiro atoms. The van der Waals surface area contributed by atoms with Crippen LogP contribution < -0.4 is 37.2 Å². The molecule has 0 aliphatic carbocycles. The van der Waals surface area contributed by atoms with E-state index >= 15 is 0 Å². The first-order valence-electron chi connectivity index (χ1n) is 32.8. The average Bonchev–Trinajstić information content (AvgIpc) is 0.821. The Kier molecular flexibility index (Phi) is 26.1. The summed E-state index contributed by atoms with van der Waals surface area (Å²) in [5.41, 5.74) is 0.378. The molecule has 29 heteroatoms. The van der Waals surface area contributed by atoms with E-state index in [1.807, 2.05) is 0 Å². The van der Waals surface area contributed by atoms with Crippen molar-refractivity contribution in [3.8, 4) is 0 Å². The van der Waals surface area contributed by atoms with Gasteiger partial charge in [-0.1, -0.05) is 97.1 Å². The van der Waals surface area contributed by atoms with E-state index in [2.05, 4.69) is 37.2 Å². The molecule has 6 unspecified atom stereocenters. The number of para-hydroxylation sites is 2. The number of nitrogens with one attached hydrogen (secondary N) is 7. The third-order valence-corrected chi connectivity index (χ3v) is 18.0. The number of likely N-dealkylation sites (tertiary alicyclic amines) is 1. The molecule has 4 aliphatic heterocycles. The Hall–Kier alpha value is -11.4. The number of amides is 8. The van der Waals surface area contributed by atoms with Gasteiger partial charge in [0.05, 0.1) is 22.6 Å². The summed E-state index contributed by atoms with van der Waals surface area (Å²) in [5, 5.41) is 17.3. The summed E-state index contributed by atoms with van der Waals surface area (Å²) >= 11 is 0. The lowest BCUT2D eigenvalue weighted by molar-refractivity contribution is -0.143. The highest BCUT2D eigenvalue weighted by Gasteiger charge is 2.44. The monoisotopic (exact) mass is 1470 g/mol. The summed E-state index contributed by atoms with van der Waals surface area (Å²) in [6, 6.07) is 41.4. The van der Waals surface area contributed by atoms with E-state index in [-0.39, 0.29) is 28.2 Å². The lowest BCUT2D eigenvalue weighted by atomic mass is 9.79. The first-order valence-corrected chi connectivity index (χ1v) is 32.8. The second-order valence-corrected chi connectivity index (χ2v) is 24.8. The summed E-state index contributed by atoms with van der Waals surface area (Å²) in [6.45, 7) is 1.46. The molecule has 0 saturated carbocycles. The van der Waals surface area contributed by atoms with E-state index in [1.165, 1.54) is 150 Å². The van der Waals surface area contributed by atoms with Crippen LogP contribution in [0, 0.1) is 58.6 Å². The van der Waals surface area contributed by atoms with E-state index in [1.54, 1.807) is 25.2 Å². The number of carbonyl (C=O) groups is 8. The first kappa shape index (κ1) is 77.8. The van der Waals surface area contributed by atoms with Gasteiger partial charge in [0.1, 0.15) is 46.9 Å². The Morgan fingerprint density at radius 1 is 0.410 bits per heavy atom. The smallest absolute Gasteiger partial charge is 0.355 e. The molecule has 12 rings (SSSR count). The molecule has 4 aliphatic rings. The van der Waals surface area contributed by atoms with Gasteiger partial charge in [0.15, 0.2) is 11.6 Å². The first-order chi connectivity index (χ1) is 50.1. The number of halogens is 13. The second-order valence-electron chi connectivity index (χ2n) is 24.8. The van der Waals surface area contributed by atoms with Crippen molar-refractivity contribution in [3.05, 3.63) is 262 Å². The maximum absolute atomic E-state index is 13.8. The fourth-order valence-corrected chi connectivity index (χ4v) is 12.8. The number of hydrogen-bond donors (Lipinski definition) is 7. The molecule has 16 nitrogen and oxygen atoms in total. The minimum absolute atomic E-state index is 0.0315. The Balaban J connectivity index is 0.000000162. The van der Waals surface area contributed by atoms with Gasteiger partial charge in [0.25, 0.3) is 12.9 Å². The second kappa shape index (κ2) is 35.2. The molecule has 4 fully saturated rings. The zero-order valence-corrected chi connectivity index (χ0v) is 55.5. The van der Waals surface area contributed by atoms with Crippen LogP contribution in [-0.2, 0) is 44.5 Å². The van der Waals surface area contributed by atoms with Crippen LogP contribution in [0.25, 0.3) is 0 Å². The zero-order chi connectivity index (χ0) is 75.8. The molecule has 4 heterocycles. The topological polar surface area (TPSA) is 224 Å². The average molecular weight is 1470 g/mol. The molecule has 7 N–H and O–H groups in total. The molecular weight excluding hydrogens is 1400 g/mol. The van der Waals surface area contributed by atoms with E-state index in [0.29, 0.717) is 74.1 Å². The standard InChI is InChI=1S/C19H16F4N2O2.3C19H17F3N2O2/c20-12-7-5-11(6-8-12)13-9-10-24-17(26)16(13)18(27)25-15-4-2-1-3-14(15)19(21,22)23;1-24-10-9-13(11-5-7-12(20)8-6-11)16(19(24)26)18(25)23-15-4-2-3-14(21)17(15)22;20-13-5-2-6-14(10-13)24-19(26)16-15(7-8-23-18(16)25)11-3-1-4-12(9-11)17(21)22;20-14-6-1-2-7-15(14)24-19(26)16-13(8-9-23-18(16)25)11-4-3-5-12(10-11)17(21)22/h1-8,13,16H,9-10H2,(H,24,26)(H,25,27);2-8,13,16H,9-10H2,1H3,(H,23,25);1-6,9-10,15-17H,7-8H2,(H,23,25)(H,24,26);1-7,10,13,16-17H,8-9H2,(H,23,25)(H,24,26)/t2*13?,16-;;/m10../s1. The molecule has 0 aromatic heterocycles. The highest BCUT2D eigenvalue weighted by atomic mass is 19.4. The van der Waals surface area contributed by atoms with Crippen molar-refractivity contribution >= 4 is 70.0 Å². The minimum Gasteiger partial charge on any atom is -0.355 e. The highest BCUT2D eigenvalue weighted by Crippen LogP contribution is 2.40. The van der Waals surface area contributed by atoms with E-state index in [0.717, 1.165) is 24.3 Å². The van der Waals surface area contributed by atoms with Gasteiger partial charge >= 0.3 is 6.18 Å². The lowest BCUT2D eigenvalue weighted by Crippen LogP contribution is -2.47.